The summed E-state index contributed by atoms with van der Waals surface area (Å²) in [5.41, 5.74) is 6.96. The predicted octanol–water partition coefficient (Wildman–Crippen LogP) is 4.40. The maximum absolute atomic E-state index is 2.47. The summed E-state index contributed by atoms with van der Waals surface area (Å²) in [5.74, 6) is 1.88. The van der Waals surface area contributed by atoms with Gasteiger partial charge in [0.2, 0.25) is 0 Å². The molecule has 6 rings (SSSR count). The lowest BCUT2D eigenvalue weighted by Gasteiger charge is -2.16. The zero-order valence-electron chi connectivity index (χ0n) is 17.9. The van der Waals surface area contributed by atoms with Crippen molar-refractivity contribution in [2.75, 3.05) is 40.3 Å². The van der Waals surface area contributed by atoms with Crippen molar-refractivity contribution >= 4 is 0 Å². The highest BCUT2D eigenvalue weighted by Crippen LogP contribution is 2.59. The fourth-order valence-corrected chi connectivity index (χ4v) is 6.13. The van der Waals surface area contributed by atoms with Gasteiger partial charge in [-0.1, -0.05) is 59.7 Å². The topological polar surface area (TPSA) is 6.48 Å². The van der Waals surface area contributed by atoms with Gasteiger partial charge in [0.05, 0.1) is 0 Å². The first-order chi connectivity index (χ1) is 13.4. The maximum Gasteiger partial charge on any atom is 0.0124 e. The first-order valence-corrected chi connectivity index (χ1v) is 10.9. The SMILES string of the molecule is Cc1ccc([C@@]23C[C@@H]2CN(C)C3)cc1.Cc1ccc([C@]23C[C@H]2CN(C)C3)cc1. The molecule has 2 aliphatic heterocycles. The van der Waals surface area contributed by atoms with Crippen LogP contribution in [0.15, 0.2) is 48.5 Å². The molecule has 2 aromatic rings. The van der Waals surface area contributed by atoms with Gasteiger partial charge < -0.3 is 9.80 Å². The van der Waals surface area contributed by atoms with Crippen LogP contribution < -0.4 is 0 Å². The number of likely N-dealkylation sites (N-methyl/N-ethyl adjacent to an activating group) is 2. The van der Waals surface area contributed by atoms with E-state index in [1.807, 2.05) is 0 Å². The van der Waals surface area contributed by atoms with Gasteiger partial charge in [-0.15, -0.1) is 0 Å². The molecule has 0 aromatic heterocycles. The van der Waals surface area contributed by atoms with Crippen molar-refractivity contribution in [3.8, 4) is 0 Å². The fourth-order valence-electron chi connectivity index (χ4n) is 6.13. The highest BCUT2D eigenvalue weighted by molar-refractivity contribution is 5.39. The van der Waals surface area contributed by atoms with Crippen LogP contribution in [0.1, 0.15) is 35.1 Å². The van der Waals surface area contributed by atoms with Crippen LogP contribution in [0.3, 0.4) is 0 Å². The van der Waals surface area contributed by atoms with Crippen molar-refractivity contribution in [2.24, 2.45) is 11.8 Å². The standard InChI is InChI=1S/2C13H17N/c2*1-10-3-5-11(6-4-10)13-7-12(13)8-14(2)9-13/h2*3-6,12H,7-9H2,1-2H3/t2*12-,13+/m10/s1. The molecule has 2 heterocycles. The van der Waals surface area contributed by atoms with Crippen molar-refractivity contribution in [3.05, 3.63) is 70.8 Å². The minimum Gasteiger partial charge on any atom is -0.305 e. The van der Waals surface area contributed by atoms with E-state index >= 15 is 0 Å². The Kier molecular flexibility index (Phi) is 4.23. The van der Waals surface area contributed by atoms with Crippen LogP contribution in [0.5, 0.6) is 0 Å². The fraction of sp³-hybridized carbons (Fsp3) is 0.538. The Morgan fingerprint density at radius 2 is 1.00 bits per heavy atom. The van der Waals surface area contributed by atoms with Crippen LogP contribution >= 0.6 is 0 Å². The largest absolute Gasteiger partial charge is 0.305 e. The van der Waals surface area contributed by atoms with E-state index in [1.165, 1.54) is 50.1 Å². The third kappa shape index (κ3) is 3.02. The molecule has 4 aliphatic rings. The average molecular weight is 375 g/mol. The summed E-state index contributed by atoms with van der Waals surface area (Å²) in [5, 5.41) is 0. The summed E-state index contributed by atoms with van der Waals surface area (Å²) in [7, 11) is 4.48. The van der Waals surface area contributed by atoms with E-state index in [4.69, 9.17) is 0 Å². The molecule has 2 nitrogen and oxygen atoms in total. The minimum absolute atomic E-state index is 0.544. The van der Waals surface area contributed by atoms with Crippen molar-refractivity contribution in [1.29, 1.82) is 0 Å². The van der Waals surface area contributed by atoms with Gasteiger partial charge in [-0.25, -0.2) is 0 Å². The Hall–Kier alpha value is -1.64. The van der Waals surface area contributed by atoms with Crippen LogP contribution in [0.2, 0.25) is 0 Å². The molecule has 0 radical (unpaired) electrons. The van der Waals surface area contributed by atoms with Crippen LogP contribution in [0.4, 0.5) is 0 Å². The quantitative estimate of drug-likeness (QED) is 0.769. The molecular formula is C26H34N2. The van der Waals surface area contributed by atoms with Gasteiger partial charge in [-0.3, -0.25) is 0 Å². The Balaban J connectivity index is 0.000000122. The van der Waals surface area contributed by atoms with Crippen LogP contribution in [-0.2, 0) is 10.8 Å². The molecule has 0 spiro atoms. The molecule has 2 saturated heterocycles. The van der Waals surface area contributed by atoms with Gasteiger partial charge in [-0.2, -0.15) is 0 Å². The van der Waals surface area contributed by atoms with Crippen LogP contribution in [0.25, 0.3) is 0 Å². The van der Waals surface area contributed by atoms with E-state index < -0.39 is 0 Å². The second-order valence-corrected chi connectivity index (χ2v) is 10.2. The highest BCUT2D eigenvalue weighted by atomic mass is 15.2. The van der Waals surface area contributed by atoms with Gasteiger partial charge in [0.15, 0.2) is 0 Å². The molecule has 2 heteroatoms. The number of piperidine rings is 2. The van der Waals surface area contributed by atoms with E-state index in [9.17, 15) is 0 Å². The smallest absolute Gasteiger partial charge is 0.0124 e. The van der Waals surface area contributed by atoms with E-state index in [1.54, 1.807) is 11.1 Å². The number of hydrogen-bond acceptors (Lipinski definition) is 2. The summed E-state index contributed by atoms with van der Waals surface area (Å²) >= 11 is 0. The van der Waals surface area contributed by atoms with E-state index in [0.717, 1.165) is 11.8 Å². The lowest BCUT2D eigenvalue weighted by Crippen LogP contribution is -2.22. The Bertz CT molecular complexity index is 782. The van der Waals surface area contributed by atoms with Crippen molar-refractivity contribution in [3.63, 3.8) is 0 Å². The molecule has 148 valence electrons. The molecule has 0 amide bonds. The van der Waals surface area contributed by atoms with Gasteiger partial charge >= 0.3 is 0 Å². The monoisotopic (exact) mass is 374 g/mol. The van der Waals surface area contributed by atoms with Crippen LogP contribution in [-0.4, -0.2) is 50.1 Å². The van der Waals surface area contributed by atoms with Gasteiger partial charge in [0.25, 0.3) is 0 Å². The third-order valence-electron chi connectivity index (χ3n) is 7.89. The number of fused-ring (bicyclic) bond motifs is 2. The van der Waals surface area contributed by atoms with Crippen molar-refractivity contribution < 1.29 is 0 Å². The Morgan fingerprint density at radius 3 is 1.29 bits per heavy atom. The van der Waals surface area contributed by atoms with Crippen molar-refractivity contribution in [1.82, 2.24) is 9.80 Å². The number of aryl methyl sites for hydroxylation is 2. The van der Waals surface area contributed by atoms with E-state index in [2.05, 4.69) is 86.3 Å². The lowest BCUT2D eigenvalue weighted by atomic mass is 9.94. The van der Waals surface area contributed by atoms with Crippen LogP contribution in [0, 0.1) is 25.7 Å². The number of hydrogen-bond donors (Lipinski definition) is 0. The molecule has 4 atom stereocenters. The summed E-state index contributed by atoms with van der Waals surface area (Å²) < 4.78 is 0. The van der Waals surface area contributed by atoms with Gasteiger partial charge in [-0.05, 0) is 63.7 Å². The Morgan fingerprint density at radius 1 is 0.643 bits per heavy atom. The zero-order valence-corrected chi connectivity index (χ0v) is 17.9. The second-order valence-electron chi connectivity index (χ2n) is 10.2. The van der Waals surface area contributed by atoms with Crippen molar-refractivity contribution in [2.45, 2.75) is 37.5 Å². The number of nitrogens with zero attached hydrogens (tertiary/aromatic N) is 2. The predicted molar refractivity (Wildman–Crippen MR) is 117 cm³/mol. The summed E-state index contributed by atoms with van der Waals surface area (Å²) in [4.78, 5) is 4.93. The number of benzene rings is 2. The Labute approximate surface area is 170 Å². The summed E-state index contributed by atoms with van der Waals surface area (Å²) in [6, 6.07) is 18.3. The van der Waals surface area contributed by atoms with Gasteiger partial charge in [0, 0.05) is 37.0 Å². The van der Waals surface area contributed by atoms with Gasteiger partial charge in [0.1, 0.15) is 0 Å². The van der Waals surface area contributed by atoms with E-state index in [0.29, 0.717) is 10.8 Å². The lowest BCUT2D eigenvalue weighted by molar-refractivity contribution is 0.363. The molecular weight excluding hydrogens is 340 g/mol. The molecule has 28 heavy (non-hydrogen) atoms. The molecule has 2 saturated carbocycles. The maximum atomic E-state index is 2.47. The normalized spacial score (nSPS) is 35.7. The molecule has 0 N–H and O–H groups in total. The number of rotatable bonds is 2. The first-order valence-electron chi connectivity index (χ1n) is 10.9. The molecule has 2 aromatic carbocycles. The minimum atomic E-state index is 0.544. The second kappa shape index (κ2) is 6.43. The first kappa shape index (κ1) is 18.4. The highest BCUT2D eigenvalue weighted by Gasteiger charge is 2.60. The molecule has 4 fully saturated rings. The van der Waals surface area contributed by atoms with E-state index in [-0.39, 0.29) is 0 Å². The summed E-state index contributed by atoms with van der Waals surface area (Å²) in [6.07, 6.45) is 2.83. The zero-order chi connectivity index (χ0) is 19.5. The summed E-state index contributed by atoms with van der Waals surface area (Å²) in [6.45, 7) is 9.45. The third-order valence-corrected chi connectivity index (χ3v) is 7.89. The molecule has 0 bridgehead atoms. The number of likely N-dealkylation sites (tertiary alicyclic amines) is 2. The molecule has 0 unspecified atom stereocenters. The molecule has 2 aliphatic carbocycles. The average Bonchev–Trinajstić information content (AvgIpc) is 3.46.